The van der Waals surface area contributed by atoms with Crippen LogP contribution in [0.3, 0.4) is 0 Å². The average molecular weight is 231 g/mol. The van der Waals surface area contributed by atoms with Gasteiger partial charge in [0.05, 0.1) is 12.0 Å². The lowest BCUT2D eigenvalue weighted by atomic mass is 9.47. The molecule has 0 radical (unpaired) electrons. The molecule has 1 heteroatoms. The van der Waals surface area contributed by atoms with Crippen LogP contribution in [0.5, 0.6) is 0 Å². The Labute approximate surface area is 106 Å². The van der Waals surface area contributed by atoms with Gasteiger partial charge in [-0.1, -0.05) is 27.7 Å². The molecule has 0 spiro atoms. The third kappa shape index (κ3) is 1.36. The van der Waals surface area contributed by atoms with E-state index in [1.165, 1.54) is 25.7 Å². The standard InChI is InChI=1S/C16H25N/c1-10(2)12-6-16(4)9-15(3)7-13(12)14(16)5-11(15)8-17/h10-14H,5-7,9H2,1-4H3/t11-,12?,13?,14?,15?,16?/m0/s1. The summed E-state index contributed by atoms with van der Waals surface area (Å²) in [7, 11) is 0. The number of hydrogen-bond donors (Lipinski definition) is 0. The summed E-state index contributed by atoms with van der Waals surface area (Å²) in [5, 5.41) is 9.38. The van der Waals surface area contributed by atoms with E-state index in [2.05, 4.69) is 33.8 Å². The van der Waals surface area contributed by atoms with Crippen molar-refractivity contribution in [3.05, 3.63) is 0 Å². The van der Waals surface area contributed by atoms with Gasteiger partial charge < -0.3 is 0 Å². The fourth-order valence-corrected chi connectivity index (χ4v) is 5.89. The van der Waals surface area contributed by atoms with Crippen molar-refractivity contribution in [3.8, 4) is 6.07 Å². The molecule has 4 aliphatic rings. The molecule has 5 unspecified atom stereocenters. The van der Waals surface area contributed by atoms with Gasteiger partial charge in [-0.25, -0.2) is 0 Å². The smallest absolute Gasteiger partial charge is 0.0661 e. The Morgan fingerprint density at radius 3 is 2.41 bits per heavy atom. The molecule has 1 nitrogen and oxygen atoms in total. The van der Waals surface area contributed by atoms with Gasteiger partial charge in [-0.15, -0.1) is 0 Å². The maximum atomic E-state index is 9.38. The lowest BCUT2D eigenvalue weighted by Gasteiger charge is -2.57. The van der Waals surface area contributed by atoms with Crippen LogP contribution in [0.1, 0.15) is 53.4 Å². The second-order valence-electron chi connectivity index (χ2n) is 7.99. The fraction of sp³-hybridized carbons (Fsp3) is 0.938. The Morgan fingerprint density at radius 1 is 1.18 bits per heavy atom. The fourth-order valence-electron chi connectivity index (χ4n) is 5.89. The van der Waals surface area contributed by atoms with E-state index in [0.717, 1.165) is 23.7 Å². The van der Waals surface area contributed by atoms with Crippen LogP contribution >= 0.6 is 0 Å². The molecule has 6 atom stereocenters. The SMILES string of the molecule is CC(C)C1CC2(C)CC3(C)CC1C2C[C@H]3C#N. The van der Waals surface area contributed by atoms with E-state index in [-0.39, 0.29) is 0 Å². The van der Waals surface area contributed by atoms with Crippen LogP contribution < -0.4 is 0 Å². The molecule has 4 aliphatic carbocycles. The quantitative estimate of drug-likeness (QED) is 0.662. The van der Waals surface area contributed by atoms with Gasteiger partial charge in [0.25, 0.3) is 0 Å². The van der Waals surface area contributed by atoms with Gasteiger partial charge >= 0.3 is 0 Å². The predicted molar refractivity (Wildman–Crippen MR) is 69.1 cm³/mol. The second-order valence-corrected chi connectivity index (χ2v) is 7.99. The molecule has 4 fully saturated rings. The Bertz CT molecular complexity index is 379. The molecule has 0 aliphatic heterocycles. The molecule has 0 aromatic heterocycles. The number of fused-ring (bicyclic) bond motifs is 1. The molecule has 0 aromatic rings. The number of nitrogens with zero attached hydrogens (tertiary/aromatic N) is 1. The Balaban J connectivity index is 1.98. The van der Waals surface area contributed by atoms with Gasteiger partial charge in [-0.3, -0.25) is 0 Å². The summed E-state index contributed by atoms with van der Waals surface area (Å²) in [5.41, 5.74) is 0.881. The molecule has 17 heavy (non-hydrogen) atoms. The van der Waals surface area contributed by atoms with Gasteiger partial charge in [-0.2, -0.15) is 5.26 Å². The van der Waals surface area contributed by atoms with E-state index in [0.29, 0.717) is 16.7 Å². The van der Waals surface area contributed by atoms with Crippen molar-refractivity contribution in [1.82, 2.24) is 0 Å². The van der Waals surface area contributed by atoms with Crippen LogP contribution in [0, 0.1) is 51.8 Å². The first-order valence-corrected chi connectivity index (χ1v) is 7.29. The molecule has 94 valence electrons. The average Bonchev–Trinajstić information content (AvgIpc) is 2.43. The van der Waals surface area contributed by atoms with Crippen LogP contribution in [-0.2, 0) is 0 Å². The zero-order valence-corrected chi connectivity index (χ0v) is 11.7. The normalized spacial score (nSPS) is 56.2. The molecule has 0 amide bonds. The van der Waals surface area contributed by atoms with Crippen LogP contribution in [-0.4, -0.2) is 0 Å². The second kappa shape index (κ2) is 3.28. The summed E-state index contributed by atoms with van der Waals surface area (Å²) in [6.45, 7) is 9.70. The van der Waals surface area contributed by atoms with Crippen molar-refractivity contribution in [2.24, 2.45) is 40.4 Å². The molecule has 4 rings (SSSR count). The third-order valence-electron chi connectivity index (χ3n) is 6.52. The lowest BCUT2D eigenvalue weighted by molar-refractivity contribution is -0.0722. The van der Waals surface area contributed by atoms with E-state index >= 15 is 0 Å². The van der Waals surface area contributed by atoms with Gasteiger partial charge in [0.2, 0.25) is 0 Å². The Hall–Kier alpha value is -0.510. The molecular formula is C16H25N. The largest absolute Gasteiger partial charge is 0.198 e. The monoisotopic (exact) mass is 231 g/mol. The van der Waals surface area contributed by atoms with Crippen LogP contribution in [0.2, 0.25) is 0 Å². The Morgan fingerprint density at radius 2 is 1.88 bits per heavy atom. The minimum Gasteiger partial charge on any atom is -0.198 e. The third-order valence-corrected chi connectivity index (χ3v) is 6.52. The highest BCUT2D eigenvalue weighted by Crippen LogP contribution is 2.71. The summed E-state index contributed by atoms with van der Waals surface area (Å²) >= 11 is 0. The summed E-state index contributed by atoms with van der Waals surface area (Å²) in [4.78, 5) is 0. The predicted octanol–water partition coefficient (Wildman–Crippen LogP) is 4.24. The van der Waals surface area contributed by atoms with Crippen molar-refractivity contribution >= 4 is 0 Å². The molecule has 4 saturated carbocycles. The minimum absolute atomic E-state index is 0.326. The molecule has 0 heterocycles. The van der Waals surface area contributed by atoms with E-state index in [9.17, 15) is 5.26 Å². The van der Waals surface area contributed by atoms with E-state index < -0.39 is 0 Å². The number of nitriles is 1. The van der Waals surface area contributed by atoms with Crippen LogP contribution in [0.25, 0.3) is 0 Å². The lowest BCUT2D eigenvalue weighted by Crippen LogP contribution is -2.50. The van der Waals surface area contributed by atoms with E-state index in [4.69, 9.17) is 0 Å². The van der Waals surface area contributed by atoms with Crippen molar-refractivity contribution in [2.75, 3.05) is 0 Å². The van der Waals surface area contributed by atoms with E-state index in [1.807, 2.05) is 0 Å². The van der Waals surface area contributed by atoms with Crippen molar-refractivity contribution in [1.29, 1.82) is 5.26 Å². The van der Waals surface area contributed by atoms with Crippen molar-refractivity contribution < 1.29 is 0 Å². The number of hydrogen-bond acceptors (Lipinski definition) is 1. The zero-order chi connectivity index (χ0) is 12.4. The summed E-state index contributed by atoms with van der Waals surface area (Å²) in [6, 6.07) is 2.61. The summed E-state index contributed by atoms with van der Waals surface area (Å²) in [6.07, 6.45) is 5.25. The van der Waals surface area contributed by atoms with E-state index in [1.54, 1.807) is 0 Å². The van der Waals surface area contributed by atoms with Crippen molar-refractivity contribution in [3.63, 3.8) is 0 Å². The van der Waals surface area contributed by atoms with Gasteiger partial charge in [0, 0.05) is 0 Å². The Kier molecular flexibility index (Phi) is 2.23. The first-order valence-electron chi connectivity index (χ1n) is 7.29. The topological polar surface area (TPSA) is 23.8 Å². The number of rotatable bonds is 1. The van der Waals surface area contributed by atoms with Gasteiger partial charge in [0.1, 0.15) is 0 Å². The first-order chi connectivity index (χ1) is 7.89. The first kappa shape index (κ1) is 11.6. The zero-order valence-electron chi connectivity index (χ0n) is 11.7. The molecular weight excluding hydrogens is 206 g/mol. The van der Waals surface area contributed by atoms with Crippen LogP contribution in [0.15, 0.2) is 0 Å². The van der Waals surface area contributed by atoms with Gasteiger partial charge in [-0.05, 0) is 60.2 Å². The van der Waals surface area contributed by atoms with Crippen LogP contribution in [0.4, 0.5) is 0 Å². The molecule has 4 bridgehead atoms. The van der Waals surface area contributed by atoms with Gasteiger partial charge in [0.15, 0.2) is 0 Å². The maximum Gasteiger partial charge on any atom is 0.0661 e. The highest BCUT2D eigenvalue weighted by Gasteiger charge is 2.64. The summed E-state index contributed by atoms with van der Waals surface area (Å²) in [5.74, 6) is 3.85. The highest BCUT2D eigenvalue weighted by molar-refractivity contribution is 5.16. The summed E-state index contributed by atoms with van der Waals surface area (Å²) < 4.78 is 0. The molecule has 0 saturated heterocycles. The maximum absolute atomic E-state index is 9.38. The minimum atomic E-state index is 0.326. The van der Waals surface area contributed by atoms with Crippen molar-refractivity contribution in [2.45, 2.75) is 53.4 Å². The highest BCUT2D eigenvalue weighted by atomic mass is 14.7. The molecule has 0 N–H and O–H groups in total. The molecule has 0 aromatic carbocycles.